The van der Waals surface area contributed by atoms with Gasteiger partial charge in [-0.25, -0.2) is 15.0 Å². The van der Waals surface area contributed by atoms with Crippen LogP contribution in [0.1, 0.15) is 65.4 Å². The number of carbonyl (C=O) groups is 1. The number of aromatic nitrogens is 3. The molecule has 0 unspecified atom stereocenters. The number of thiazole rings is 1. The number of benzene rings is 1. The zero-order chi connectivity index (χ0) is 20.5. The van der Waals surface area contributed by atoms with Crippen molar-refractivity contribution in [1.29, 1.82) is 0 Å². The van der Waals surface area contributed by atoms with Crippen LogP contribution in [0.25, 0.3) is 10.2 Å². The summed E-state index contributed by atoms with van der Waals surface area (Å²) in [7, 11) is 0. The number of para-hydroxylation sites is 1. The Morgan fingerprint density at radius 1 is 1.17 bits per heavy atom. The summed E-state index contributed by atoms with van der Waals surface area (Å²) in [5.74, 6) is 1.54. The molecule has 1 fully saturated rings. The second-order valence-electron chi connectivity index (χ2n) is 7.79. The van der Waals surface area contributed by atoms with Crippen molar-refractivity contribution >= 4 is 39.2 Å². The number of rotatable bonds is 4. The van der Waals surface area contributed by atoms with Gasteiger partial charge >= 0.3 is 0 Å². The van der Waals surface area contributed by atoms with Gasteiger partial charge in [0.15, 0.2) is 0 Å². The Morgan fingerprint density at radius 3 is 2.55 bits per heavy atom. The largest absolute Gasteiger partial charge is 0.338 e. The molecule has 0 N–H and O–H groups in total. The normalized spacial score (nSPS) is 15.4. The lowest BCUT2D eigenvalue weighted by molar-refractivity contribution is 0.0707. The number of amides is 1. The van der Waals surface area contributed by atoms with Gasteiger partial charge in [0, 0.05) is 24.9 Å². The van der Waals surface area contributed by atoms with Crippen LogP contribution in [0.2, 0.25) is 0 Å². The van der Waals surface area contributed by atoms with Crippen molar-refractivity contribution in [2.45, 2.75) is 50.5 Å². The number of aryl methyl sites for hydroxylation is 1. The molecule has 0 spiro atoms. The van der Waals surface area contributed by atoms with E-state index < -0.39 is 0 Å². The van der Waals surface area contributed by atoms with E-state index in [0.29, 0.717) is 11.5 Å². The first-order valence-electron chi connectivity index (χ1n) is 10.0. The van der Waals surface area contributed by atoms with Crippen LogP contribution in [-0.2, 0) is 0 Å². The maximum atomic E-state index is 13.3. The molecule has 29 heavy (non-hydrogen) atoms. The third-order valence-electron chi connectivity index (χ3n) is 5.44. The van der Waals surface area contributed by atoms with Gasteiger partial charge in [0.05, 0.1) is 26.5 Å². The molecule has 152 valence electrons. The topological polar surface area (TPSA) is 59.0 Å². The molecule has 3 heterocycles. The fraction of sp³-hybridized carbons (Fsp3) is 0.455. The Kier molecular flexibility index (Phi) is 5.88. The van der Waals surface area contributed by atoms with Crippen molar-refractivity contribution in [3.63, 3.8) is 0 Å². The maximum absolute atomic E-state index is 13.3. The molecule has 5 nitrogen and oxygen atoms in total. The third-order valence-corrected chi connectivity index (χ3v) is 7.32. The second-order valence-corrected chi connectivity index (χ2v) is 9.65. The van der Waals surface area contributed by atoms with Gasteiger partial charge in [-0.1, -0.05) is 26.0 Å². The summed E-state index contributed by atoms with van der Waals surface area (Å²) in [5, 5.41) is 1.99. The quantitative estimate of drug-likeness (QED) is 0.421. The zero-order valence-corrected chi connectivity index (χ0v) is 18.9. The Labute approximate surface area is 180 Å². The van der Waals surface area contributed by atoms with Gasteiger partial charge in [0.25, 0.3) is 5.91 Å². The minimum absolute atomic E-state index is 0.0601. The van der Waals surface area contributed by atoms with Crippen molar-refractivity contribution < 1.29 is 4.79 Å². The molecule has 1 aliphatic rings. The molecule has 0 aliphatic carbocycles. The van der Waals surface area contributed by atoms with Crippen molar-refractivity contribution in [2.75, 3.05) is 19.3 Å². The van der Waals surface area contributed by atoms with E-state index in [1.165, 1.54) is 21.5 Å². The lowest BCUT2D eigenvalue weighted by Gasteiger charge is -2.31. The molecule has 2 aromatic heterocycles. The van der Waals surface area contributed by atoms with Gasteiger partial charge in [0.1, 0.15) is 10.9 Å². The van der Waals surface area contributed by atoms with Crippen LogP contribution >= 0.6 is 23.1 Å². The number of nitrogens with zero attached hydrogens (tertiary/aromatic N) is 4. The molecule has 1 aromatic carbocycles. The maximum Gasteiger partial charge on any atom is 0.258 e. The number of likely N-dealkylation sites (tertiary alicyclic amines) is 1. The molecule has 1 amide bonds. The molecular formula is C22H26N4OS2. The van der Waals surface area contributed by atoms with Gasteiger partial charge in [-0.2, -0.15) is 0 Å². The van der Waals surface area contributed by atoms with E-state index in [2.05, 4.69) is 42.0 Å². The monoisotopic (exact) mass is 426 g/mol. The lowest BCUT2D eigenvalue weighted by atomic mass is 9.97. The first-order valence-corrected chi connectivity index (χ1v) is 12.1. The fourth-order valence-electron chi connectivity index (χ4n) is 3.77. The van der Waals surface area contributed by atoms with E-state index in [0.717, 1.165) is 48.0 Å². The Hall–Kier alpha value is -1.99. The van der Waals surface area contributed by atoms with E-state index in [4.69, 9.17) is 4.98 Å². The minimum atomic E-state index is 0.0601. The molecule has 4 rings (SSSR count). The standard InChI is InChI=1S/C22H26N4OS2/c1-13(2)19-23-14(3)18(21(25-19)28-4)22(27)26-11-9-15(10-12-26)20-24-16-7-5-6-8-17(16)29-20/h5-8,13,15H,9-12H2,1-4H3. The van der Waals surface area contributed by atoms with Gasteiger partial charge in [-0.3, -0.25) is 4.79 Å². The zero-order valence-electron chi connectivity index (χ0n) is 17.3. The summed E-state index contributed by atoms with van der Waals surface area (Å²) in [6.07, 6.45) is 3.87. The predicted octanol–water partition coefficient (Wildman–Crippen LogP) is 5.26. The van der Waals surface area contributed by atoms with Gasteiger partial charge in [-0.05, 0) is 38.2 Å². The molecule has 0 bridgehead atoms. The highest BCUT2D eigenvalue weighted by Gasteiger charge is 2.29. The van der Waals surface area contributed by atoms with Gasteiger partial charge < -0.3 is 4.90 Å². The summed E-state index contributed by atoms with van der Waals surface area (Å²) in [4.78, 5) is 29.3. The first-order chi connectivity index (χ1) is 14.0. The van der Waals surface area contributed by atoms with Crippen LogP contribution in [0.5, 0.6) is 0 Å². The number of hydrogen-bond acceptors (Lipinski definition) is 6. The summed E-state index contributed by atoms with van der Waals surface area (Å²) in [5.41, 5.74) is 2.53. The van der Waals surface area contributed by atoms with Crippen LogP contribution in [0.4, 0.5) is 0 Å². The van der Waals surface area contributed by atoms with E-state index in [1.807, 2.05) is 24.1 Å². The highest BCUT2D eigenvalue weighted by Crippen LogP contribution is 2.34. The molecule has 3 aromatic rings. The Balaban J connectivity index is 1.50. The van der Waals surface area contributed by atoms with Crippen molar-refractivity contribution in [1.82, 2.24) is 19.9 Å². The smallest absolute Gasteiger partial charge is 0.258 e. The average Bonchev–Trinajstić information content (AvgIpc) is 3.17. The number of hydrogen-bond donors (Lipinski definition) is 0. The van der Waals surface area contributed by atoms with Gasteiger partial charge in [0.2, 0.25) is 0 Å². The Bertz CT molecular complexity index is 1010. The summed E-state index contributed by atoms with van der Waals surface area (Å²) in [6, 6.07) is 8.29. The summed E-state index contributed by atoms with van der Waals surface area (Å²) >= 11 is 3.31. The predicted molar refractivity (Wildman–Crippen MR) is 120 cm³/mol. The molecule has 0 atom stereocenters. The highest BCUT2D eigenvalue weighted by atomic mass is 32.2. The van der Waals surface area contributed by atoms with Crippen LogP contribution < -0.4 is 0 Å². The summed E-state index contributed by atoms with van der Waals surface area (Å²) in [6.45, 7) is 7.58. The summed E-state index contributed by atoms with van der Waals surface area (Å²) < 4.78 is 1.24. The molecule has 0 saturated carbocycles. The molecule has 1 saturated heterocycles. The van der Waals surface area contributed by atoms with E-state index in [9.17, 15) is 4.79 Å². The van der Waals surface area contributed by atoms with Crippen molar-refractivity contribution in [2.24, 2.45) is 0 Å². The van der Waals surface area contributed by atoms with Crippen molar-refractivity contribution in [3.05, 3.63) is 46.4 Å². The number of piperidine rings is 1. The van der Waals surface area contributed by atoms with Crippen LogP contribution in [0.3, 0.4) is 0 Å². The lowest BCUT2D eigenvalue weighted by Crippen LogP contribution is -2.38. The van der Waals surface area contributed by atoms with Crippen LogP contribution in [-0.4, -0.2) is 45.1 Å². The first kappa shape index (κ1) is 20.3. The fourth-order valence-corrected chi connectivity index (χ4v) is 5.53. The molecule has 7 heteroatoms. The highest BCUT2D eigenvalue weighted by molar-refractivity contribution is 7.98. The van der Waals surface area contributed by atoms with E-state index in [1.54, 1.807) is 11.3 Å². The Morgan fingerprint density at radius 2 is 1.90 bits per heavy atom. The van der Waals surface area contributed by atoms with E-state index in [-0.39, 0.29) is 11.8 Å². The average molecular weight is 427 g/mol. The number of fused-ring (bicyclic) bond motifs is 1. The molecular weight excluding hydrogens is 400 g/mol. The van der Waals surface area contributed by atoms with Crippen LogP contribution in [0.15, 0.2) is 29.3 Å². The number of carbonyl (C=O) groups excluding carboxylic acids is 1. The molecule has 1 aliphatic heterocycles. The minimum Gasteiger partial charge on any atom is -0.338 e. The van der Waals surface area contributed by atoms with Gasteiger partial charge in [-0.15, -0.1) is 23.1 Å². The third kappa shape index (κ3) is 4.03. The van der Waals surface area contributed by atoms with Crippen molar-refractivity contribution in [3.8, 4) is 0 Å². The van der Waals surface area contributed by atoms with E-state index >= 15 is 0 Å². The second kappa shape index (κ2) is 8.40. The number of thioether (sulfide) groups is 1. The van der Waals surface area contributed by atoms with Crippen LogP contribution in [0, 0.1) is 6.92 Å². The molecule has 0 radical (unpaired) electrons. The SMILES string of the molecule is CSc1nc(C(C)C)nc(C)c1C(=O)N1CCC(c2nc3ccccc3s2)CC1.